The topological polar surface area (TPSA) is 136 Å². The van der Waals surface area contributed by atoms with E-state index in [1.807, 2.05) is 33.8 Å². The SMILES string of the molecule is Cc1ccc2c(NS(=O)(=O)C[C@H]3CC34CC4)c(F)ccc2c1Oc1ncccc1-c1ccnc(NC2CCCN(C(=O)OC(C)(C)C)C2)n1. The maximum atomic E-state index is 15.2. The number of hydrogen-bond acceptors (Lipinski definition) is 9. The van der Waals surface area contributed by atoms with Gasteiger partial charge in [0.1, 0.15) is 17.2 Å². The number of carbonyl (C=O) groups excluding carboxylic acids is 1. The Kier molecular flexibility index (Phi) is 8.36. The first-order chi connectivity index (χ1) is 23.3. The van der Waals surface area contributed by atoms with Gasteiger partial charge in [-0.05, 0) is 107 Å². The predicted octanol–water partition coefficient (Wildman–Crippen LogP) is 7.28. The third-order valence-corrected chi connectivity index (χ3v) is 10.9. The Hall–Kier alpha value is -4.52. The fraction of sp³-hybridized carbons (Fsp3) is 0.444. The number of amides is 1. The number of halogens is 1. The minimum atomic E-state index is -3.76. The third kappa shape index (κ3) is 7.26. The normalized spacial score (nSPS) is 19.8. The average Bonchev–Trinajstić information content (AvgIpc) is 3.97. The van der Waals surface area contributed by atoms with Gasteiger partial charge in [0.25, 0.3) is 0 Å². The molecule has 2 aliphatic carbocycles. The van der Waals surface area contributed by atoms with Crippen LogP contribution in [0, 0.1) is 24.1 Å². The molecule has 1 unspecified atom stereocenters. The highest BCUT2D eigenvalue weighted by Crippen LogP contribution is 2.70. The Labute approximate surface area is 285 Å². The van der Waals surface area contributed by atoms with Crippen LogP contribution in [0.5, 0.6) is 11.6 Å². The second-order valence-electron chi connectivity index (χ2n) is 14.5. The van der Waals surface area contributed by atoms with Gasteiger partial charge in [-0.3, -0.25) is 4.72 Å². The summed E-state index contributed by atoms with van der Waals surface area (Å²) in [5, 5.41) is 4.30. The number of aryl methyl sites for hydroxylation is 1. The van der Waals surface area contributed by atoms with Gasteiger partial charge in [0.2, 0.25) is 21.9 Å². The van der Waals surface area contributed by atoms with Crippen LogP contribution in [0.15, 0.2) is 54.9 Å². The number of likely N-dealkylation sites (tertiary alicyclic amines) is 1. The Morgan fingerprint density at radius 3 is 2.63 bits per heavy atom. The minimum absolute atomic E-state index is 0.00609. The van der Waals surface area contributed by atoms with Gasteiger partial charge >= 0.3 is 6.09 Å². The first kappa shape index (κ1) is 33.0. The summed E-state index contributed by atoms with van der Waals surface area (Å²) in [5.74, 6) is 0.568. The minimum Gasteiger partial charge on any atom is -0.444 e. The summed E-state index contributed by atoms with van der Waals surface area (Å²) in [6, 6.07) is 11.6. The molecule has 49 heavy (non-hydrogen) atoms. The zero-order chi connectivity index (χ0) is 34.6. The average molecular weight is 689 g/mol. The van der Waals surface area contributed by atoms with Crippen molar-refractivity contribution in [3.8, 4) is 22.9 Å². The van der Waals surface area contributed by atoms with E-state index >= 15 is 4.39 Å². The number of benzene rings is 2. The van der Waals surface area contributed by atoms with E-state index < -0.39 is 21.4 Å². The lowest BCUT2D eigenvalue weighted by atomic mass is 10.0. The van der Waals surface area contributed by atoms with E-state index in [0.717, 1.165) is 37.7 Å². The number of carbonyl (C=O) groups is 1. The molecule has 3 heterocycles. The summed E-state index contributed by atoms with van der Waals surface area (Å²) >= 11 is 0. The zero-order valence-electron chi connectivity index (χ0n) is 28.1. The van der Waals surface area contributed by atoms with Crippen LogP contribution in [-0.2, 0) is 14.8 Å². The number of rotatable bonds is 9. The molecule has 2 N–H and O–H groups in total. The number of pyridine rings is 1. The van der Waals surface area contributed by atoms with Crippen molar-refractivity contribution in [2.24, 2.45) is 11.3 Å². The second kappa shape index (κ2) is 12.4. The van der Waals surface area contributed by atoms with E-state index in [-0.39, 0.29) is 40.8 Å². The molecule has 1 spiro atoms. The molecule has 1 aliphatic heterocycles. The summed E-state index contributed by atoms with van der Waals surface area (Å²) in [6.45, 7) is 8.50. The first-order valence-electron chi connectivity index (χ1n) is 16.7. The molecule has 2 saturated carbocycles. The molecule has 2 atom stereocenters. The molecule has 3 aliphatic rings. The first-order valence-corrected chi connectivity index (χ1v) is 18.4. The van der Waals surface area contributed by atoms with Crippen LogP contribution in [0.4, 0.5) is 20.8 Å². The molecular formula is C36H41FN6O5S. The van der Waals surface area contributed by atoms with Crippen molar-refractivity contribution in [3.63, 3.8) is 0 Å². The lowest BCUT2D eigenvalue weighted by molar-refractivity contribution is 0.0206. The van der Waals surface area contributed by atoms with Crippen molar-refractivity contribution in [3.05, 3.63) is 66.2 Å². The van der Waals surface area contributed by atoms with Gasteiger partial charge in [0, 0.05) is 42.3 Å². The van der Waals surface area contributed by atoms with Crippen LogP contribution in [0.25, 0.3) is 22.0 Å². The van der Waals surface area contributed by atoms with Gasteiger partial charge in [-0.2, -0.15) is 0 Å². The Bertz CT molecular complexity index is 2030. The summed E-state index contributed by atoms with van der Waals surface area (Å²) in [5.41, 5.74) is 1.47. The molecule has 1 saturated heterocycles. The number of nitrogens with one attached hydrogen (secondary N) is 2. The molecular weight excluding hydrogens is 647 g/mol. The number of piperidine rings is 1. The molecule has 11 nitrogen and oxygen atoms in total. The van der Waals surface area contributed by atoms with Crippen molar-refractivity contribution in [2.75, 3.05) is 28.9 Å². The Morgan fingerprint density at radius 1 is 1.08 bits per heavy atom. The van der Waals surface area contributed by atoms with Crippen LogP contribution in [0.1, 0.15) is 58.4 Å². The summed E-state index contributed by atoms with van der Waals surface area (Å²) in [7, 11) is -3.76. The van der Waals surface area contributed by atoms with E-state index in [1.165, 1.54) is 6.07 Å². The highest BCUT2D eigenvalue weighted by molar-refractivity contribution is 7.92. The second-order valence-corrected chi connectivity index (χ2v) is 16.3. The van der Waals surface area contributed by atoms with E-state index in [1.54, 1.807) is 47.6 Å². The molecule has 1 amide bonds. The van der Waals surface area contributed by atoms with Crippen molar-refractivity contribution >= 4 is 38.5 Å². The fourth-order valence-corrected chi connectivity index (χ4v) is 8.32. The van der Waals surface area contributed by atoms with Crippen LogP contribution >= 0.6 is 0 Å². The number of fused-ring (bicyclic) bond motifs is 1. The van der Waals surface area contributed by atoms with Crippen LogP contribution in [0.2, 0.25) is 0 Å². The predicted molar refractivity (Wildman–Crippen MR) is 186 cm³/mol. The molecule has 258 valence electrons. The lowest BCUT2D eigenvalue weighted by Gasteiger charge is -2.34. The third-order valence-electron chi connectivity index (χ3n) is 9.53. The van der Waals surface area contributed by atoms with Gasteiger partial charge in [-0.15, -0.1) is 0 Å². The molecule has 13 heteroatoms. The number of aromatic nitrogens is 3. The van der Waals surface area contributed by atoms with E-state index in [0.29, 0.717) is 46.8 Å². The quantitative estimate of drug-likeness (QED) is 0.186. The molecule has 0 radical (unpaired) electrons. The number of sulfonamides is 1. The molecule has 2 aromatic carbocycles. The van der Waals surface area contributed by atoms with Gasteiger partial charge in [-0.1, -0.05) is 12.1 Å². The highest BCUT2D eigenvalue weighted by atomic mass is 32.2. The maximum absolute atomic E-state index is 15.2. The largest absolute Gasteiger partial charge is 0.444 e. The number of hydrogen-bond donors (Lipinski definition) is 2. The molecule has 3 fully saturated rings. The highest BCUT2D eigenvalue weighted by Gasteiger charge is 2.63. The summed E-state index contributed by atoms with van der Waals surface area (Å²) in [6.07, 6.45) is 7.65. The molecule has 0 bridgehead atoms. The monoisotopic (exact) mass is 688 g/mol. The van der Waals surface area contributed by atoms with Gasteiger partial charge in [0.15, 0.2) is 0 Å². The number of nitrogens with zero attached hydrogens (tertiary/aromatic N) is 4. The zero-order valence-corrected chi connectivity index (χ0v) is 28.9. The van der Waals surface area contributed by atoms with E-state index in [2.05, 4.69) is 20.0 Å². The maximum Gasteiger partial charge on any atom is 0.410 e. The van der Waals surface area contributed by atoms with E-state index in [9.17, 15) is 13.2 Å². The number of ether oxygens (including phenoxy) is 2. The van der Waals surface area contributed by atoms with Crippen molar-refractivity contribution in [2.45, 2.75) is 71.4 Å². The standard InChI is InChI=1S/C36H41FN6O5S/c1-22-9-10-25-26(11-12-28(37)30(25)42-49(45,46)21-23-19-36(23)14-15-36)31(22)47-32-27(8-5-16-38-32)29-13-17-39-33(41-29)40-24-7-6-18-43(20-24)34(44)48-35(2,3)4/h5,8-13,16-17,23-24,42H,6-7,14-15,18-21H2,1-4H3,(H,39,40,41)/t23-,24?/m1/s1. The lowest BCUT2D eigenvalue weighted by Crippen LogP contribution is -2.47. The number of anilines is 2. The van der Waals surface area contributed by atoms with Gasteiger partial charge in [-0.25, -0.2) is 32.6 Å². The fourth-order valence-electron chi connectivity index (χ4n) is 6.71. The van der Waals surface area contributed by atoms with E-state index in [4.69, 9.17) is 14.5 Å². The van der Waals surface area contributed by atoms with Crippen LogP contribution < -0.4 is 14.8 Å². The summed E-state index contributed by atoms with van der Waals surface area (Å²) < 4.78 is 56.0. The van der Waals surface area contributed by atoms with Gasteiger partial charge in [0.05, 0.1) is 22.7 Å². The Morgan fingerprint density at radius 2 is 1.88 bits per heavy atom. The van der Waals surface area contributed by atoms with Gasteiger partial charge < -0.3 is 19.7 Å². The molecule has 2 aromatic heterocycles. The van der Waals surface area contributed by atoms with Crippen molar-refractivity contribution < 1.29 is 27.1 Å². The van der Waals surface area contributed by atoms with Crippen molar-refractivity contribution in [1.29, 1.82) is 0 Å². The molecule has 4 aromatic rings. The van der Waals surface area contributed by atoms with Crippen molar-refractivity contribution in [1.82, 2.24) is 19.9 Å². The smallest absolute Gasteiger partial charge is 0.410 e. The van der Waals surface area contributed by atoms with Crippen LogP contribution in [0.3, 0.4) is 0 Å². The van der Waals surface area contributed by atoms with Crippen LogP contribution in [-0.4, -0.2) is 64.8 Å². The molecule has 7 rings (SSSR count). The Balaban J connectivity index is 1.12. The summed E-state index contributed by atoms with van der Waals surface area (Å²) in [4.78, 5) is 28.1.